The molecule has 2 aromatic carbocycles. The molecule has 0 aliphatic carbocycles. The molecule has 1 saturated heterocycles. The lowest BCUT2D eigenvalue weighted by molar-refractivity contribution is 0.0203. The molecule has 0 atom stereocenters. The number of phenolic OH excluding ortho intramolecular Hbond substituents is 1. The number of amides is 2. The molecule has 1 aliphatic heterocycles. The Hall–Kier alpha value is -4.34. The fourth-order valence-corrected chi connectivity index (χ4v) is 4.71. The lowest BCUT2D eigenvalue weighted by atomic mass is 9.93. The van der Waals surface area contributed by atoms with Crippen LogP contribution in [0.4, 0.5) is 10.5 Å². The fraction of sp³-hybridized carbons (Fsp3) is 0.333. The van der Waals surface area contributed by atoms with Crippen molar-refractivity contribution in [3.05, 3.63) is 70.1 Å². The third-order valence-electron chi connectivity index (χ3n) is 6.39. The van der Waals surface area contributed by atoms with E-state index in [1.54, 1.807) is 39.7 Å². The molecule has 3 heterocycles. The van der Waals surface area contributed by atoms with Crippen molar-refractivity contribution in [1.29, 1.82) is 0 Å². The maximum Gasteiger partial charge on any atom is 0.410 e. The van der Waals surface area contributed by atoms with Gasteiger partial charge in [-0.1, -0.05) is 12.1 Å². The summed E-state index contributed by atoms with van der Waals surface area (Å²) in [6.07, 6.45) is 0.989. The number of nitrogens with zero attached hydrogens (tertiary/aromatic N) is 3. The highest BCUT2D eigenvalue weighted by molar-refractivity contribution is 6.12. The van der Waals surface area contributed by atoms with Crippen LogP contribution in [0.25, 0.3) is 16.6 Å². The number of hydrogen-bond donors (Lipinski definition) is 3. The van der Waals surface area contributed by atoms with Gasteiger partial charge in [0.15, 0.2) is 0 Å². The molecule has 0 unspecified atom stereocenters. The number of carbonyl (C=O) groups excluding carboxylic acids is 2. The molecule has 192 valence electrons. The number of aromatic amines is 1. The molecule has 10 heteroatoms. The highest BCUT2D eigenvalue weighted by atomic mass is 16.6. The number of aromatic hydroxyl groups is 1. The number of nitrogens with one attached hydrogen (secondary N) is 2. The summed E-state index contributed by atoms with van der Waals surface area (Å²) in [6.45, 7) is 6.55. The van der Waals surface area contributed by atoms with Crippen molar-refractivity contribution in [3.8, 4) is 5.75 Å². The van der Waals surface area contributed by atoms with E-state index in [-0.39, 0.29) is 23.3 Å². The quantitative estimate of drug-likeness (QED) is 0.383. The highest BCUT2D eigenvalue weighted by Gasteiger charge is 2.29. The van der Waals surface area contributed by atoms with Crippen molar-refractivity contribution in [3.63, 3.8) is 0 Å². The molecular formula is C27H29N5O5. The number of benzene rings is 2. The second-order valence-corrected chi connectivity index (χ2v) is 10.3. The standard InChI is InChI=1S/C27H29N5O5/c1-27(2,3)37-26(36)31-12-10-16(11-13-31)21-15-22(34)29-24-23-19(8-5-9-20(23)30-32(21)24)28-25(35)17-6-4-7-18(33)14-17/h4-9,14-16,33H,10-13H2,1-3H3,(H,28,35)(H,29,34). The van der Waals surface area contributed by atoms with E-state index < -0.39 is 11.5 Å². The first kappa shape index (κ1) is 24.4. The van der Waals surface area contributed by atoms with E-state index in [0.29, 0.717) is 53.7 Å². The number of ether oxygens (including phenoxy) is 1. The van der Waals surface area contributed by atoms with Crippen LogP contribution in [-0.4, -0.2) is 55.3 Å². The van der Waals surface area contributed by atoms with Gasteiger partial charge in [-0.05, 0) is 63.9 Å². The normalized spacial score (nSPS) is 14.7. The maximum absolute atomic E-state index is 12.9. The molecule has 10 nitrogen and oxygen atoms in total. The van der Waals surface area contributed by atoms with E-state index in [1.165, 1.54) is 12.1 Å². The van der Waals surface area contributed by atoms with Gasteiger partial charge in [-0.25, -0.2) is 9.31 Å². The highest BCUT2D eigenvalue weighted by Crippen LogP contribution is 2.32. The number of anilines is 1. The van der Waals surface area contributed by atoms with Gasteiger partial charge in [0.1, 0.15) is 17.0 Å². The van der Waals surface area contributed by atoms with Crippen LogP contribution >= 0.6 is 0 Å². The fourth-order valence-electron chi connectivity index (χ4n) is 4.71. The number of hydrogen-bond acceptors (Lipinski definition) is 6. The summed E-state index contributed by atoms with van der Waals surface area (Å²) in [7, 11) is 0. The van der Waals surface area contributed by atoms with Crippen LogP contribution in [0, 0.1) is 0 Å². The van der Waals surface area contributed by atoms with Gasteiger partial charge in [-0.3, -0.25) is 9.59 Å². The summed E-state index contributed by atoms with van der Waals surface area (Å²) in [6, 6.07) is 13.0. The van der Waals surface area contributed by atoms with E-state index in [2.05, 4.69) is 10.3 Å². The summed E-state index contributed by atoms with van der Waals surface area (Å²) in [5.74, 6) is -0.382. The molecule has 0 spiro atoms. The van der Waals surface area contributed by atoms with E-state index in [9.17, 15) is 19.5 Å². The first-order chi connectivity index (χ1) is 17.6. The Balaban J connectivity index is 1.46. The van der Waals surface area contributed by atoms with E-state index in [1.807, 2.05) is 26.8 Å². The smallest absolute Gasteiger partial charge is 0.410 e. The minimum absolute atomic E-state index is 0.00599. The number of aromatic nitrogens is 3. The molecule has 0 saturated carbocycles. The monoisotopic (exact) mass is 503 g/mol. The molecule has 3 N–H and O–H groups in total. The van der Waals surface area contributed by atoms with Crippen LogP contribution in [0.5, 0.6) is 5.75 Å². The first-order valence-electron chi connectivity index (χ1n) is 12.2. The lowest BCUT2D eigenvalue weighted by Crippen LogP contribution is -2.41. The van der Waals surface area contributed by atoms with Gasteiger partial charge in [0, 0.05) is 30.6 Å². The van der Waals surface area contributed by atoms with Crippen molar-refractivity contribution >= 4 is 34.2 Å². The summed E-state index contributed by atoms with van der Waals surface area (Å²) < 4.78 is 7.22. The zero-order valence-corrected chi connectivity index (χ0v) is 20.9. The third kappa shape index (κ3) is 5.00. The SMILES string of the molecule is CC(C)(C)OC(=O)N1CCC(c2cc(=O)[nH]c3c4c(NC(=O)c5cccc(O)c5)cccc4nn23)CC1. The minimum atomic E-state index is -0.560. The van der Waals surface area contributed by atoms with Crippen LogP contribution in [0.2, 0.25) is 0 Å². The van der Waals surface area contributed by atoms with Gasteiger partial charge in [0.2, 0.25) is 0 Å². The minimum Gasteiger partial charge on any atom is -0.508 e. The van der Waals surface area contributed by atoms with Gasteiger partial charge < -0.3 is 25.0 Å². The molecule has 37 heavy (non-hydrogen) atoms. The van der Waals surface area contributed by atoms with Crippen molar-refractivity contribution in [1.82, 2.24) is 19.5 Å². The van der Waals surface area contributed by atoms with Crippen molar-refractivity contribution in [2.75, 3.05) is 18.4 Å². The van der Waals surface area contributed by atoms with E-state index >= 15 is 0 Å². The number of rotatable bonds is 3. The Morgan fingerprint density at radius 1 is 1.11 bits per heavy atom. The van der Waals surface area contributed by atoms with Gasteiger partial charge >= 0.3 is 6.09 Å². The van der Waals surface area contributed by atoms with Gasteiger partial charge in [0.25, 0.3) is 11.5 Å². The number of carbonyl (C=O) groups is 2. The average Bonchev–Trinajstić information content (AvgIpc) is 3.22. The predicted octanol–water partition coefficient (Wildman–Crippen LogP) is 4.25. The van der Waals surface area contributed by atoms with Crippen LogP contribution < -0.4 is 10.9 Å². The van der Waals surface area contributed by atoms with E-state index in [4.69, 9.17) is 9.84 Å². The zero-order valence-electron chi connectivity index (χ0n) is 20.9. The van der Waals surface area contributed by atoms with Gasteiger partial charge in [-0.2, -0.15) is 5.10 Å². The molecule has 1 aliphatic rings. The number of phenols is 1. The van der Waals surface area contributed by atoms with Gasteiger partial charge in [-0.15, -0.1) is 0 Å². The molecule has 4 aromatic rings. The molecule has 5 rings (SSSR count). The molecule has 2 amide bonds. The third-order valence-corrected chi connectivity index (χ3v) is 6.39. The van der Waals surface area contributed by atoms with E-state index in [0.717, 1.165) is 5.69 Å². The summed E-state index contributed by atoms with van der Waals surface area (Å²) in [5, 5.41) is 18.0. The summed E-state index contributed by atoms with van der Waals surface area (Å²) in [4.78, 5) is 42.6. The topological polar surface area (TPSA) is 129 Å². The predicted molar refractivity (Wildman–Crippen MR) is 139 cm³/mol. The van der Waals surface area contributed by atoms with Crippen molar-refractivity contribution in [2.24, 2.45) is 0 Å². The molecule has 1 fully saturated rings. The van der Waals surface area contributed by atoms with Crippen LogP contribution in [0.15, 0.2) is 53.3 Å². The Morgan fingerprint density at radius 2 is 1.84 bits per heavy atom. The Kier molecular flexibility index (Phi) is 6.10. The number of likely N-dealkylation sites (tertiary alicyclic amines) is 1. The summed E-state index contributed by atoms with van der Waals surface area (Å²) in [5.41, 5.74) is 1.82. The molecule has 0 bridgehead atoms. The molecular weight excluding hydrogens is 474 g/mol. The largest absolute Gasteiger partial charge is 0.508 e. The second kappa shape index (κ2) is 9.27. The number of H-pyrrole nitrogens is 1. The van der Waals surface area contributed by atoms with Gasteiger partial charge in [0.05, 0.1) is 22.3 Å². The summed E-state index contributed by atoms with van der Waals surface area (Å²) >= 11 is 0. The van der Waals surface area contributed by atoms with Crippen LogP contribution in [-0.2, 0) is 4.74 Å². The molecule has 2 aromatic heterocycles. The Labute approximate surface area is 212 Å². The van der Waals surface area contributed by atoms with Crippen molar-refractivity contribution in [2.45, 2.75) is 45.1 Å². The Morgan fingerprint density at radius 3 is 2.54 bits per heavy atom. The average molecular weight is 504 g/mol. The first-order valence-corrected chi connectivity index (χ1v) is 12.2. The number of piperidine rings is 1. The zero-order chi connectivity index (χ0) is 26.3. The number of fused-ring (bicyclic) bond motifs is 3. The van der Waals surface area contributed by atoms with Crippen LogP contribution in [0.3, 0.4) is 0 Å². The molecule has 0 radical (unpaired) electrons. The second-order valence-electron chi connectivity index (χ2n) is 10.3. The Bertz CT molecular complexity index is 1560. The van der Waals surface area contributed by atoms with Crippen LogP contribution in [0.1, 0.15) is 55.6 Å². The van der Waals surface area contributed by atoms with Crippen molar-refractivity contribution < 1.29 is 19.4 Å². The lowest BCUT2D eigenvalue weighted by Gasteiger charge is -2.33. The maximum atomic E-state index is 12.9.